The van der Waals surface area contributed by atoms with Gasteiger partial charge in [0.15, 0.2) is 6.29 Å². The van der Waals surface area contributed by atoms with E-state index in [0.717, 1.165) is 6.92 Å². The van der Waals surface area contributed by atoms with E-state index in [1.807, 2.05) is 0 Å². The summed E-state index contributed by atoms with van der Waals surface area (Å²) in [7, 11) is 0. The molecule has 16 nitrogen and oxygen atoms in total. The van der Waals surface area contributed by atoms with Gasteiger partial charge in [-0.15, -0.1) is 0 Å². The van der Waals surface area contributed by atoms with E-state index in [1.165, 1.54) is 20.8 Å². The molecule has 210 valence electrons. The Morgan fingerprint density at radius 1 is 1.00 bits per heavy atom. The predicted molar refractivity (Wildman–Crippen MR) is 123 cm³/mol. The molecule has 16 heteroatoms. The maximum Gasteiger partial charge on any atom is 0.303 e. The number of carboxylic acids is 1. The Kier molecular flexibility index (Phi) is 12.3. The monoisotopic (exact) mass is 533 g/mol. The highest BCUT2D eigenvalue weighted by Gasteiger charge is 2.47. The summed E-state index contributed by atoms with van der Waals surface area (Å²) in [6.07, 6.45) is -7.61. The van der Waals surface area contributed by atoms with E-state index in [4.69, 9.17) is 20.3 Å². The van der Waals surface area contributed by atoms with E-state index in [2.05, 4.69) is 21.3 Å². The maximum absolute atomic E-state index is 12.7. The van der Waals surface area contributed by atoms with E-state index >= 15 is 0 Å². The Morgan fingerprint density at radius 3 is 2.14 bits per heavy atom. The van der Waals surface area contributed by atoms with Crippen molar-refractivity contribution in [3.8, 4) is 0 Å². The predicted octanol–water partition coefficient (Wildman–Crippen LogP) is -4.18. The van der Waals surface area contributed by atoms with Gasteiger partial charge in [-0.05, 0) is 20.3 Å². The second-order valence-corrected chi connectivity index (χ2v) is 8.59. The van der Waals surface area contributed by atoms with Gasteiger partial charge in [-0.3, -0.25) is 28.8 Å². The van der Waals surface area contributed by atoms with E-state index in [-0.39, 0.29) is 13.0 Å². The number of hydrogen-bond donors (Lipinski definition) is 8. The molecule has 0 aromatic carbocycles. The number of rotatable bonds is 13. The lowest BCUT2D eigenvalue weighted by atomic mass is 9.96. The molecule has 0 aliphatic carbocycles. The molecule has 0 bridgehead atoms. The molecule has 1 aliphatic rings. The summed E-state index contributed by atoms with van der Waals surface area (Å²) in [5.41, 5.74) is 5.18. The van der Waals surface area contributed by atoms with Crippen LogP contribution in [0.5, 0.6) is 0 Å². The third-order valence-corrected chi connectivity index (χ3v) is 5.40. The first-order chi connectivity index (χ1) is 17.1. The third-order valence-electron chi connectivity index (χ3n) is 5.40. The van der Waals surface area contributed by atoms with Crippen molar-refractivity contribution >= 4 is 35.5 Å². The van der Waals surface area contributed by atoms with Crippen molar-refractivity contribution < 1.29 is 53.6 Å². The Balaban J connectivity index is 2.87. The summed E-state index contributed by atoms with van der Waals surface area (Å²) < 4.78 is 10.9. The third kappa shape index (κ3) is 10.3. The van der Waals surface area contributed by atoms with E-state index in [1.54, 1.807) is 0 Å². The zero-order chi connectivity index (χ0) is 28.4. The van der Waals surface area contributed by atoms with Gasteiger partial charge in [0.2, 0.25) is 29.5 Å². The summed E-state index contributed by atoms with van der Waals surface area (Å²) in [6, 6.07) is -3.74. The number of nitrogens with one attached hydrogen (secondary N) is 4. The number of ether oxygens (including phenoxy) is 2. The largest absolute Gasteiger partial charge is 0.481 e. The number of aliphatic hydroxyl groups is 2. The lowest BCUT2D eigenvalue weighted by Gasteiger charge is -2.43. The topological polar surface area (TPSA) is 256 Å². The molecule has 0 aromatic heterocycles. The number of carbonyl (C=O) groups excluding carboxylic acids is 5. The molecule has 0 saturated carbocycles. The Morgan fingerprint density at radius 2 is 1.62 bits per heavy atom. The van der Waals surface area contributed by atoms with Crippen LogP contribution in [0.2, 0.25) is 0 Å². The van der Waals surface area contributed by atoms with Gasteiger partial charge < -0.3 is 51.8 Å². The molecule has 9 N–H and O–H groups in total. The maximum atomic E-state index is 12.7. The van der Waals surface area contributed by atoms with Crippen LogP contribution >= 0.6 is 0 Å². The van der Waals surface area contributed by atoms with Crippen molar-refractivity contribution in [2.75, 3.05) is 6.54 Å². The van der Waals surface area contributed by atoms with E-state index < -0.39 is 90.8 Å². The van der Waals surface area contributed by atoms with Crippen molar-refractivity contribution in [1.82, 2.24) is 21.3 Å². The van der Waals surface area contributed by atoms with Crippen LogP contribution in [0, 0.1) is 0 Å². The number of hydrogen-bond acceptors (Lipinski definition) is 10. The zero-order valence-corrected chi connectivity index (χ0v) is 20.9. The molecule has 1 rings (SSSR count). The first-order valence-electron chi connectivity index (χ1n) is 11.4. The molecule has 1 fully saturated rings. The van der Waals surface area contributed by atoms with Crippen LogP contribution in [-0.2, 0) is 38.2 Å². The first-order valence-corrected chi connectivity index (χ1v) is 11.4. The molecule has 0 unspecified atom stereocenters. The number of nitrogens with two attached hydrogens (primary N) is 1. The van der Waals surface area contributed by atoms with Crippen molar-refractivity contribution in [1.29, 1.82) is 0 Å². The quantitative estimate of drug-likeness (QED) is 0.113. The van der Waals surface area contributed by atoms with Crippen LogP contribution in [0.4, 0.5) is 0 Å². The van der Waals surface area contributed by atoms with Gasteiger partial charge in [0.25, 0.3) is 0 Å². The minimum absolute atomic E-state index is 0.194. The molecule has 1 aliphatic heterocycles. The normalized spacial score (nSPS) is 25.6. The lowest BCUT2D eigenvalue weighted by molar-refractivity contribution is -0.259. The summed E-state index contributed by atoms with van der Waals surface area (Å²) in [5, 5.41) is 39.3. The number of aliphatic hydroxyl groups excluding tert-OH is 2. The van der Waals surface area contributed by atoms with E-state index in [9.17, 15) is 39.0 Å². The van der Waals surface area contributed by atoms with Gasteiger partial charge in [0.05, 0.1) is 0 Å². The number of primary amides is 1. The van der Waals surface area contributed by atoms with Gasteiger partial charge in [0, 0.05) is 26.8 Å². The zero-order valence-electron chi connectivity index (χ0n) is 20.9. The van der Waals surface area contributed by atoms with Gasteiger partial charge >= 0.3 is 5.97 Å². The highest BCUT2D eigenvalue weighted by atomic mass is 16.6. The summed E-state index contributed by atoms with van der Waals surface area (Å²) in [5.74, 6) is -4.78. The van der Waals surface area contributed by atoms with Crippen molar-refractivity contribution in [3.05, 3.63) is 0 Å². The van der Waals surface area contributed by atoms with Crippen LogP contribution in [0.1, 0.15) is 40.5 Å². The highest BCUT2D eigenvalue weighted by molar-refractivity contribution is 5.92. The fourth-order valence-corrected chi connectivity index (χ4v) is 3.44. The van der Waals surface area contributed by atoms with Gasteiger partial charge in [-0.1, -0.05) is 0 Å². The summed E-state index contributed by atoms with van der Waals surface area (Å²) in [6.45, 7) is 4.79. The van der Waals surface area contributed by atoms with E-state index in [0.29, 0.717) is 0 Å². The molecular weight excluding hydrogens is 498 g/mol. The second kappa shape index (κ2) is 14.4. The molecule has 0 radical (unpaired) electrons. The molecule has 37 heavy (non-hydrogen) atoms. The number of aliphatic carboxylic acids is 1. The van der Waals surface area contributed by atoms with Crippen molar-refractivity contribution in [3.63, 3.8) is 0 Å². The van der Waals surface area contributed by atoms with Crippen LogP contribution in [0.25, 0.3) is 0 Å². The second-order valence-electron chi connectivity index (χ2n) is 8.59. The number of carboxylic acid groups (broad SMARTS) is 1. The summed E-state index contributed by atoms with van der Waals surface area (Å²) in [4.78, 5) is 70.1. The van der Waals surface area contributed by atoms with Crippen molar-refractivity contribution in [2.45, 2.75) is 89.4 Å². The number of carbonyl (C=O) groups is 6. The molecule has 0 spiro atoms. The van der Waals surface area contributed by atoms with Crippen LogP contribution < -0.4 is 27.0 Å². The lowest BCUT2D eigenvalue weighted by Crippen LogP contribution is -2.66. The first kappa shape index (κ1) is 31.7. The fraction of sp³-hybridized carbons (Fsp3) is 0.714. The molecule has 1 saturated heterocycles. The standard InChI is InChI=1S/C21H35N5O11/c1-8(19(33)26-12(18(22)32)5-6-14(29)30)24-20(34)9(2)36-17-15(25-11(4)28)21(35)37-13(16(17)31)7-23-10(3)27/h8-9,12-13,15-17,21,31,35H,5-7H2,1-4H3,(H2,22,32)(H,23,27)(H,24,34)(H,25,28)(H,26,33)(H,29,30)/t8-,9+,12+,13+,15+,16+,17+,21+/m0/s1. The Bertz CT molecular complexity index is 870. The van der Waals surface area contributed by atoms with Gasteiger partial charge in [-0.2, -0.15) is 0 Å². The molecule has 8 atom stereocenters. The SMILES string of the molecule is CC(=O)NC[C@H]1O[C@@H](O)[C@H](NC(C)=O)[C@@H](O[C@H](C)C(=O)N[C@@H](C)C(=O)N[C@H](CCC(=O)O)C(N)=O)[C@@H]1O. The number of amides is 5. The average molecular weight is 534 g/mol. The minimum atomic E-state index is -1.65. The Hall–Kier alpha value is -3.34. The highest BCUT2D eigenvalue weighted by Crippen LogP contribution is 2.24. The molecule has 5 amide bonds. The average Bonchev–Trinajstić information content (AvgIpc) is 2.78. The van der Waals surface area contributed by atoms with Gasteiger partial charge in [-0.25, -0.2) is 0 Å². The fourth-order valence-electron chi connectivity index (χ4n) is 3.44. The molecular formula is C21H35N5O11. The Labute approximate surface area is 212 Å². The van der Waals surface area contributed by atoms with Gasteiger partial charge in [0.1, 0.15) is 42.5 Å². The molecule has 1 heterocycles. The molecule has 0 aromatic rings. The smallest absolute Gasteiger partial charge is 0.303 e. The summed E-state index contributed by atoms with van der Waals surface area (Å²) >= 11 is 0. The van der Waals surface area contributed by atoms with Crippen LogP contribution in [0.3, 0.4) is 0 Å². The minimum Gasteiger partial charge on any atom is -0.481 e. The van der Waals surface area contributed by atoms with Crippen LogP contribution in [-0.4, -0.2) is 106 Å². The van der Waals surface area contributed by atoms with Crippen molar-refractivity contribution in [2.24, 2.45) is 5.73 Å². The van der Waals surface area contributed by atoms with Crippen LogP contribution in [0.15, 0.2) is 0 Å².